The van der Waals surface area contributed by atoms with Gasteiger partial charge in [0, 0.05) is 18.9 Å². The standard InChI is InChI=1S/C13H18N4/c1-2-9-17-10-8-15-13(17)12(16-14)11-6-4-3-5-7-11/h3-8,10,12,16H,2,9,14H2,1H3. The van der Waals surface area contributed by atoms with Crippen LogP contribution in [0.4, 0.5) is 0 Å². The third kappa shape index (κ3) is 2.54. The number of hydrazine groups is 1. The third-order valence-corrected chi connectivity index (χ3v) is 2.77. The Hall–Kier alpha value is -1.65. The van der Waals surface area contributed by atoms with Crippen molar-refractivity contribution in [3.05, 3.63) is 54.1 Å². The van der Waals surface area contributed by atoms with Crippen LogP contribution in [-0.4, -0.2) is 9.55 Å². The molecule has 0 spiro atoms. The summed E-state index contributed by atoms with van der Waals surface area (Å²) in [6, 6.07) is 10.1. The minimum absolute atomic E-state index is 0.0576. The molecule has 1 aromatic heterocycles. The molecule has 0 aliphatic rings. The van der Waals surface area contributed by atoms with Gasteiger partial charge in [-0.25, -0.2) is 10.4 Å². The summed E-state index contributed by atoms with van der Waals surface area (Å²) in [5, 5.41) is 0. The lowest BCUT2D eigenvalue weighted by Crippen LogP contribution is -2.31. The first kappa shape index (κ1) is 11.8. The second-order valence-electron chi connectivity index (χ2n) is 3.99. The molecule has 1 unspecified atom stereocenters. The molecule has 1 aromatic carbocycles. The van der Waals surface area contributed by atoms with Crippen LogP contribution in [0.5, 0.6) is 0 Å². The van der Waals surface area contributed by atoms with E-state index in [1.54, 1.807) is 0 Å². The van der Waals surface area contributed by atoms with Crippen molar-refractivity contribution in [1.29, 1.82) is 0 Å². The van der Waals surface area contributed by atoms with Crippen LogP contribution in [-0.2, 0) is 6.54 Å². The second-order valence-corrected chi connectivity index (χ2v) is 3.99. The molecule has 0 saturated heterocycles. The van der Waals surface area contributed by atoms with Gasteiger partial charge in [-0.2, -0.15) is 0 Å². The molecule has 17 heavy (non-hydrogen) atoms. The van der Waals surface area contributed by atoms with Crippen LogP contribution in [0.15, 0.2) is 42.7 Å². The van der Waals surface area contributed by atoms with E-state index in [-0.39, 0.29) is 6.04 Å². The first-order chi connectivity index (χ1) is 8.36. The predicted octanol–water partition coefficient (Wildman–Crippen LogP) is 1.85. The molecule has 90 valence electrons. The molecule has 2 aromatic rings. The number of aromatic nitrogens is 2. The molecule has 0 amide bonds. The molecular formula is C13H18N4. The fraction of sp³-hybridized carbons (Fsp3) is 0.308. The van der Waals surface area contributed by atoms with Crippen molar-refractivity contribution >= 4 is 0 Å². The molecule has 1 atom stereocenters. The fourth-order valence-electron chi connectivity index (χ4n) is 1.98. The van der Waals surface area contributed by atoms with Gasteiger partial charge < -0.3 is 4.57 Å². The minimum Gasteiger partial charge on any atom is -0.333 e. The van der Waals surface area contributed by atoms with Gasteiger partial charge in [0.1, 0.15) is 11.9 Å². The molecule has 1 heterocycles. The van der Waals surface area contributed by atoms with Crippen molar-refractivity contribution < 1.29 is 0 Å². The SMILES string of the molecule is CCCn1ccnc1C(NN)c1ccccc1. The van der Waals surface area contributed by atoms with E-state index in [0.29, 0.717) is 0 Å². The fourth-order valence-corrected chi connectivity index (χ4v) is 1.98. The lowest BCUT2D eigenvalue weighted by atomic mass is 10.1. The number of rotatable bonds is 5. The van der Waals surface area contributed by atoms with Crippen molar-refractivity contribution in [3.63, 3.8) is 0 Å². The summed E-state index contributed by atoms with van der Waals surface area (Å²) >= 11 is 0. The highest BCUT2D eigenvalue weighted by Crippen LogP contribution is 2.19. The van der Waals surface area contributed by atoms with Gasteiger partial charge in [0.15, 0.2) is 0 Å². The number of nitrogens with zero attached hydrogens (tertiary/aromatic N) is 2. The number of benzene rings is 1. The Morgan fingerprint density at radius 1 is 1.35 bits per heavy atom. The molecule has 2 rings (SSSR count). The normalized spacial score (nSPS) is 12.6. The summed E-state index contributed by atoms with van der Waals surface area (Å²) in [6.45, 7) is 3.11. The molecule has 4 heteroatoms. The van der Waals surface area contributed by atoms with Gasteiger partial charge in [-0.3, -0.25) is 5.84 Å². The molecular weight excluding hydrogens is 212 g/mol. The van der Waals surface area contributed by atoms with E-state index >= 15 is 0 Å². The maximum atomic E-state index is 5.66. The van der Waals surface area contributed by atoms with Crippen LogP contribution in [0.2, 0.25) is 0 Å². The molecule has 0 fully saturated rings. The van der Waals surface area contributed by atoms with Crippen LogP contribution in [0.1, 0.15) is 30.8 Å². The number of nitrogens with two attached hydrogens (primary N) is 1. The Labute approximate surface area is 101 Å². The van der Waals surface area contributed by atoms with E-state index in [1.165, 1.54) is 0 Å². The van der Waals surface area contributed by atoms with Gasteiger partial charge in [-0.1, -0.05) is 37.3 Å². The van der Waals surface area contributed by atoms with E-state index in [0.717, 1.165) is 24.4 Å². The van der Waals surface area contributed by atoms with E-state index in [1.807, 2.05) is 30.6 Å². The summed E-state index contributed by atoms with van der Waals surface area (Å²) < 4.78 is 2.14. The van der Waals surface area contributed by atoms with Gasteiger partial charge in [0.2, 0.25) is 0 Å². The van der Waals surface area contributed by atoms with Gasteiger partial charge in [0.25, 0.3) is 0 Å². The van der Waals surface area contributed by atoms with Gasteiger partial charge >= 0.3 is 0 Å². The average Bonchev–Trinajstić information content (AvgIpc) is 2.81. The Kier molecular flexibility index (Phi) is 3.90. The summed E-state index contributed by atoms with van der Waals surface area (Å²) in [4.78, 5) is 4.40. The van der Waals surface area contributed by atoms with Crippen molar-refractivity contribution in [2.45, 2.75) is 25.9 Å². The summed E-state index contributed by atoms with van der Waals surface area (Å²) in [7, 11) is 0. The maximum absolute atomic E-state index is 5.66. The number of imidazole rings is 1. The highest BCUT2D eigenvalue weighted by atomic mass is 15.3. The highest BCUT2D eigenvalue weighted by Gasteiger charge is 2.16. The zero-order valence-electron chi connectivity index (χ0n) is 10.0. The van der Waals surface area contributed by atoms with Crippen LogP contribution in [0, 0.1) is 0 Å². The average molecular weight is 230 g/mol. The lowest BCUT2D eigenvalue weighted by molar-refractivity contribution is 0.545. The monoisotopic (exact) mass is 230 g/mol. The van der Waals surface area contributed by atoms with Crippen LogP contribution < -0.4 is 11.3 Å². The molecule has 0 radical (unpaired) electrons. The molecule has 0 bridgehead atoms. The summed E-state index contributed by atoms with van der Waals surface area (Å²) in [5.74, 6) is 6.62. The number of hydrogen-bond donors (Lipinski definition) is 2. The highest BCUT2D eigenvalue weighted by molar-refractivity contribution is 5.24. The van der Waals surface area contributed by atoms with Crippen molar-refractivity contribution in [2.75, 3.05) is 0 Å². The molecule has 3 N–H and O–H groups in total. The largest absolute Gasteiger partial charge is 0.333 e. The van der Waals surface area contributed by atoms with E-state index < -0.39 is 0 Å². The van der Waals surface area contributed by atoms with Crippen molar-refractivity contribution in [3.8, 4) is 0 Å². The van der Waals surface area contributed by atoms with Crippen LogP contribution in [0.3, 0.4) is 0 Å². The number of hydrogen-bond acceptors (Lipinski definition) is 3. The Balaban J connectivity index is 2.32. The Bertz CT molecular complexity index is 449. The predicted molar refractivity (Wildman–Crippen MR) is 68.1 cm³/mol. The van der Waals surface area contributed by atoms with E-state index in [4.69, 9.17) is 5.84 Å². The topological polar surface area (TPSA) is 55.9 Å². The molecule has 0 aliphatic heterocycles. The van der Waals surface area contributed by atoms with E-state index in [2.05, 4.69) is 34.0 Å². The second kappa shape index (κ2) is 5.61. The zero-order chi connectivity index (χ0) is 12.1. The maximum Gasteiger partial charge on any atom is 0.131 e. The first-order valence-electron chi connectivity index (χ1n) is 5.89. The van der Waals surface area contributed by atoms with E-state index in [9.17, 15) is 0 Å². The number of aryl methyl sites for hydroxylation is 1. The smallest absolute Gasteiger partial charge is 0.131 e. The van der Waals surface area contributed by atoms with Gasteiger partial charge in [0.05, 0.1) is 0 Å². The van der Waals surface area contributed by atoms with Gasteiger partial charge in [-0.15, -0.1) is 0 Å². The van der Waals surface area contributed by atoms with Crippen LogP contribution in [0.25, 0.3) is 0 Å². The zero-order valence-corrected chi connectivity index (χ0v) is 10.0. The van der Waals surface area contributed by atoms with Crippen LogP contribution >= 0.6 is 0 Å². The quantitative estimate of drug-likeness (QED) is 0.609. The lowest BCUT2D eigenvalue weighted by Gasteiger charge is -2.17. The molecule has 4 nitrogen and oxygen atoms in total. The minimum atomic E-state index is -0.0576. The number of nitrogens with one attached hydrogen (secondary N) is 1. The summed E-state index contributed by atoms with van der Waals surface area (Å²) in [5.41, 5.74) is 3.96. The molecule has 0 aliphatic carbocycles. The summed E-state index contributed by atoms with van der Waals surface area (Å²) in [6.07, 6.45) is 4.89. The Morgan fingerprint density at radius 3 is 2.76 bits per heavy atom. The first-order valence-corrected chi connectivity index (χ1v) is 5.89. The third-order valence-electron chi connectivity index (χ3n) is 2.77. The van der Waals surface area contributed by atoms with Crippen molar-refractivity contribution in [2.24, 2.45) is 5.84 Å². The molecule has 0 saturated carbocycles. The Morgan fingerprint density at radius 2 is 2.12 bits per heavy atom. The van der Waals surface area contributed by atoms with Crippen molar-refractivity contribution in [1.82, 2.24) is 15.0 Å². The van der Waals surface area contributed by atoms with Gasteiger partial charge in [-0.05, 0) is 12.0 Å².